The van der Waals surface area contributed by atoms with E-state index in [1.54, 1.807) is 0 Å². The van der Waals surface area contributed by atoms with E-state index in [2.05, 4.69) is 11.0 Å². The first-order valence-electron chi connectivity index (χ1n) is 5.58. The fraction of sp³-hybridized carbons (Fsp3) is 0.417. The van der Waals surface area contributed by atoms with Crippen LogP contribution in [-0.4, -0.2) is 33.8 Å². The molecule has 0 unspecified atom stereocenters. The number of nitrogens with zero attached hydrogens (tertiary/aromatic N) is 1. The highest BCUT2D eigenvalue weighted by molar-refractivity contribution is 7.85. The highest BCUT2D eigenvalue weighted by atomic mass is 32.2. The molecule has 0 aromatic heterocycles. The lowest BCUT2D eigenvalue weighted by Gasteiger charge is -2.29. The summed E-state index contributed by atoms with van der Waals surface area (Å²) >= 11 is 4.99. The molecule has 0 aliphatic carbocycles. The summed E-state index contributed by atoms with van der Waals surface area (Å²) in [5.41, 5.74) is 8.84. The minimum atomic E-state index is -0.634. The Morgan fingerprint density at radius 3 is 2.59 bits per heavy atom. The lowest BCUT2D eigenvalue weighted by Crippen LogP contribution is -2.37. The van der Waals surface area contributed by atoms with Gasteiger partial charge in [0.25, 0.3) is 0 Å². The summed E-state index contributed by atoms with van der Waals surface area (Å²) < 4.78 is 11.3. The SMILES string of the molecule is Cc1cc(N2CCS(=O)CC2)ccc1C(N)=S. The quantitative estimate of drug-likeness (QED) is 0.819. The summed E-state index contributed by atoms with van der Waals surface area (Å²) in [5.74, 6) is 1.52. The van der Waals surface area contributed by atoms with Gasteiger partial charge in [0.1, 0.15) is 4.99 Å². The molecule has 1 aliphatic heterocycles. The Morgan fingerprint density at radius 1 is 1.41 bits per heavy atom. The number of nitrogens with two attached hydrogens (primary N) is 1. The lowest BCUT2D eigenvalue weighted by atomic mass is 10.1. The van der Waals surface area contributed by atoms with Crippen LogP contribution in [0.5, 0.6) is 0 Å². The molecule has 5 heteroatoms. The van der Waals surface area contributed by atoms with E-state index < -0.39 is 10.8 Å². The Bertz CT molecular complexity index is 464. The van der Waals surface area contributed by atoms with Crippen LogP contribution in [0.15, 0.2) is 18.2 Å². The molecule has 0 atom stereocenters. The van der Waals surface area contributed by atoms with Gasteiger partial charge in [0.05, 0.1) is 0 Å². The average Bonchev–Trinajstić information content (AvgIpc) is 2.29. The number of anilines is 1. The summed E-state index contributed by atoms with van der Waals surface area (Å²) in [5, 5.41) is 0. The van der Waals surface area contributed by atoms with Crippen molar-refractivity contribution in [2.45, 2.75) is 6.92 Å². The van der Waals surface area contributed by atoms with Gasteiger partial charge in [0.15, 0.2) is 0 Å². The number of rotatable bonds is 2. The second kappa shape index (κ2) is 5.14. The zero-order valence-electron chi connectivity index (χ0n) is 9.81. The van der Waals surface area contributed by atoms with Gasteiger partial charge >= 0.3 is 0 Å². The summed E-state index contributed by atoms with van der Waals surface area (Å²) in [6, 6.07) is 6.11. The van der Waals surface area contributed by atoms with Crippen LogP contribution >= 0.6 is 12.2 Å². The Morgan fingerprint density at radius 2 is 2.06 bits per heavy atom. The van der Waals surface area contributed by atoms with E-state index in [1.165, 1.54) is 5.69 Å². The zero-order chi connectivity index (χ0) is 12.4. The third-order valence-electron chi connectivity index (χ3n) is 3.02. The van der Waals surface area contributed by atoms with Crippen molar-refractivity contribution in [2.75, 3.05) is 29.5 Å². The van der Waals surface area contributed by atoms with Gasteiger partial charge in [0.2, 0.25) is 0 Å². The predicted octanol–water partition coefficient (Wildman–Crippen LogP) is 1.20. The van der Waals surface area contributed by atoms with Crippen molar-refractivity contribution >= 4 is 33.7 Å². The van der Waals surface area contributed by atoms with E-state index in [4.69, 9.17) is 18.0 Å². The fourth-order valence-electron chi connectivity index (χ4n) is 2.02. The number of thiocarbonyl (C=S) groups is 1. The van der Waals surface area contributed by atoms with E-state index in [0.717, 1.165) is 35.7 Å². The van der Waals surface area contributed by atoms with Gasteiger partial charge < -0.3 is 10.6 Å². The van der Waals surface area contributed by atoms with Crippen LogP contribution in [0.1, 0.15) is 11.1 Å². The third-order valence-corrected chi connectivity index (χ3v) is 4.51. The molecule has 2 N–H and O–H groups in total. The van der Waals surface area contributed by atoms with Crippen molar-refractivity contribution < 1.29 is 4.21 Å². The van der Waals surface area contributed by atoms with E-state index in [0.29, 0.717) is 4.99 Å². The van der Waals surface area contributed by atoms with Crippen LogP contribution in [0, 0.1) is 6.92 Å². The highest BCUT2D eigenvalue weighted by Crippen LogP contribution is 2.20. The minimum Gasteiger partial charge on any atom is -0.389 e. The molecule has 0 spiro atoms. The topological polar surface area (TPSA) is 46.3 Å². The normalized spacial score (nSPS) is 17.1. The lowest BCUT2D eigenvalue weighted by molar-refractivity contribution is 0.673. The van der Waals surface area contributed by atoms with Crippen molar-refractivity contribution in [3.05, 3.63) is 29.3 Å². The second-order valence-electron chi connectivity index (χ2n) is 4.20. The van der Waals surface area contributed by atoms with Gasteiger partial charge in [-0.2, -0.15) is 0 Å². The molecule has 0 radical (unpaired) electrons. The van der Waals surface area contributed by atoms with Crippen molar-refractivity contribution in [3.63, 3.8) is 0 Å². The zero-order valence-corrected chi connectivity index (χ0v) is 11.4. The average molecular weight is 268 g/mol. The van der Waals surface area contributed by atoms with Crippen molar-refractivity contribution in [1.82, 2.24) is 0 Å². The molecule has 2 rings (SSSR count). The first-order valence-corrected chi connectivity index (χ1v) is 7.48. The van der Waals surface area contributed by atoms with Gasteiger partial charge in [-0.3, -0.25) is 4.21 Å². The van der Waals surface area contributed by atoms with Gasteiger partial charge in [-0.1, -0.05) is 12.2 Å². The largest absolute Gasteiger partial charge is 0.389 e. The maximum absolute atomic E-state index is 11.3. The fourth-order valence-corrected chi connectivity index (χ4v) is 3.30. The minimum absolute atomic E-state index is 0.439. The van der Waals surface area contributed by atoms with Gasteiger partial charge in [-0.25, -0.2) is 0 Å². The first-order chi connectivity index (χ1) is 8.08. The van der Waals surface area contributed by atoms with E-state index in [-0.39, 0.29) is 0 Å². The molecular formula is C12H16N2OS2. The maximum Gasteiger partial charge on any atom is 0.104 e. The van der Waals surface area contributed by atoms with Crippen molar-refractivity contribution in [1.29, 1.82) is 0 Å². The molecule has 1 aliphatic rings. The molecule has 1 aromatic carbocycles. The van der Waals surface area contributed by atoms with Crippen molar-refractivity contribution in [2.24, 2.45) is 5.73 Å². The van der Waals surface area contributed by atoms with Gasteiger partial charge in [-0.05, 0) is 30.7 Å². The van der Waals surface area contributed by atoms with Gasteiger partial charge in [0, 0.05) is 46.6 Å². The maximum atomic E-state index is 11.3. The van der Waals surface area contributed by atoms with E-state index in [9.17, 15) is 4.21 Å². The first kappa shape index (κ1) is 12.5. The number of hydrogen-bond donors (Lipinski definition) is 1. The molecule has 0 amide bonds. The van der Waals surface area contributed by atoms with E-state index in [1.807, 2.05) is 19.1 Å². The Hall–Kier alpha value is -0.940. The molecule has 17 heavy (non-hydrogen) atoms. The summed E-state index contributed by atoms with van der Waals surface area (Å²) in [6.07, 6.45) is 0. The summed E-state index contributed by atoms with van der Waals surface area (Å²) in [6.45, 7) is 3.73. The molecular weight excluding hydrogens is 252 g/mol. The summed E-state index contributed by atoms with van der Waals surface area (Å²) in [7, 11) is -0.634. The van der Waals surface area contributed by atoms with Crippen LogP contribution in [-0.2, 0) is 10.8 Å². The third kappa shape index (κ3) is 2.84. The Kier molecular flexibility index (Phi) is 3.79. The summed E-state index contributed by atoms with van der Waals surface area (Å²) in [4.78, 5) is 2.70. The molecule has 1 aromatic rings. The second-order valence-corrected chi connectivity index (χ2v) is 6.33. The van der Waals surface area contributed by atoms with Crippen LogP contribution in [0.2, 0.25) is 0 Å². The van der Waals surface area contributed by atoms with E-state index >= 15 is 0 Å². The van der Waals surface area contributed by atoms with Crippen LogP contribution < -0.4 is 10.6 Å². The predicted molar refractivity (Wildman–Crippen MR) is 77.2 cm³/mol. The van der Waals surface area contributed by atoms with Gasteiger partial charge in [-0.15, -0.1) is 0 Å². The van der Waals surface area contributed by atoms with Crippen LogP contribution in [0.4, 0.5) is 5.69 Å². The number of aryl methyl sites for hydroxylation is 1. The molecule has 1 fully saturated rings. The van der Waals surface area contributed by atoms with Crippen molar-refractivity contribution in [3.8, 4) is 0 Å². The highest BCUT2D eigenvalue weighted by Gasteiger charge is 2.16. The Labute approximate surface area is 109 Å². The number of hydrogen-bond acceptors (Lipinski definition) is 3. The Balaban J connectivity index is 2.20. The molecule has 1 saturated heterocycles. The standard InChI is InChI=1S/C12H16N2OS2/c1-9-8-10(2-3-11(9)12(13)16)14-4-6-17(15)7-5-14/h2-3,8H,4-7H2,1H3,(H2,13,16). The van der Waals surface area contributed by atoms with Crippen LogP contribution in [0.3, 0.4) is 0 Å². The van der Waals surface area contributed by atoms with Crippen LogP contribution in [0.25, 0.3) is 0 Å². The molecule has 3 nitrogen and oxygen atoms in total. The molecule has 92 valence electrons. The smallest absolute Gasteiger partial charge is 0.104 e. The molecule has 1 heterocycles. The molecule has 0 bridgehead atoms. The monoisotopic (exact) mass is 268 g/mol. The molecule has 0 saturated carbocycles. The number of benzene rings is 1.